The molecule has 0 fully saturated rings. The third-order valence-corrected chi connectivity index (χ3v) is 4.61. The molecule has 0 aliphatic heterocycles. The predicted molar refractivity (Wildman–Crippen MR) is 76.9 cm³/mol. The Morgan fingerprint density at radius 3 is 2.35 bits per heavy atom. The Morgan fingerprint density at radius 2 is 1.85 bits per heavy atom. The maximum Gasteiger partial charge on any atom is 0.417 e. The Kier molecular flexibility index (Phi) is 4.49. The van der Waals surface area contributed by atoms with E-state index < -0.39 is 17.5 Å². The molecule has 0 atom stereocenters. The van der Waals surface area contributed by atoms with E-state index in [1.807, 2.05) is 0 Å². The summed E-state index contributed by atoms with van der Waals surface area (Å²) in [4.78, 5) is 12.2. The lowest BCUT2D eigenvalue weighted by Gasteiger charge is -2.10. The van der Waals surface area contributed by atoms with E-state index in [1.54, 1.807) is 0 Å². The molecule has 0 amide bonds. The summed E-state index contributed by atoms with van der Waals surface area (Å²) < 4.78 is 38.7. The molecular weight excluding hydrogens is 400 g/mol. The summed E-state index contributed by atoms with van der Waals surface area (Å²) in [5.74, 6) is -0.601. The zero-order chi connectivity index (χ0) is 15.1. The van der Waals surface area contributed by atoms with E-state index in [1.165, 1.54) is 18.2 Å². The quantitative estimate of drug-likeness (QED) is 0.556. The summed E-state index contributed by atoms with van der Waals surface area (Å²) in [6.45, 7) is 0. The normalized spacial score (nSPS) is 11.7. The van der Waals surface area contributed by atoms with Crippen LogP contribution in [0.2, 0.25) is 8.67 Å². The molecule has 1 nitrogen and oxygen atoms in total. The zero-order valence-corrected chi connectivity index (χ0v) is 13.3. The van der Waals surface area contributed by atoms with Crippen molar-refractivity contribution in [2.45, 2.75) is 6.18 Å². The highest BCUT2D eigenvalue weighted by molar-refractivity contribution is 9.10. The number of ketones is 1. The topological polar surface area (TPSA) is 17.1 Å². The fraction of sp³-hybridized carbons (Fsp3) is 0.0833. The van der Waals surface area contributed by atoms with Crippen molar-refractivity contribution in [3.05, 3.63) is 54.1 Å². The van der Waals surface area contributed by atoms with Crippen molar-refractivity contribution < 1.29 is 18.0 Å². The summed E-state index contributed by atoms with van der Waals surface area (Å²) in [5, 5.41) is 0. The molecule has 8 heteroatoms. The van der Waals surface area contributed by atoms with E-state index >= 15 is 0 Å². The Morgan fingerprint density at radius 1 is 1.20 bits per heavy atom. The number of alkyl halides is 3. The Labute approximate surface area is 134 Å². The van der Waals surface area contributed by atoms with Gasteiger partial charge in [0.15, 0.2) is 5.78 Å². The van der Waals surface area contributed by atoms with Crippen LogP contribution < -0.4 is 0 Å². The molecule has 0 radical (unpaired) electrons. The van der Waals surface area contributed by atoms with E-state index in [-0.39, 0.29) is 19.9 Å². The number of rotatable bonds is 2. The first-order chi connectivity index (χ1) is 9.20. The zero-order valence-electron chi connectivity index (χ0n) is 9.39. The average molecular weight is 404 g/mol. The molecule has 0 aliphatic rings. The molecule has 0 N–H and O–H groups in total. The van der Waals surface area contributed by atoms with E-state index in [0.29, 0.717) is 4.34 Å². The minimum Gasteiger partial charge on any atom is -0.289 e. The molecule has 0 saturated carbocycles. The molecule has 0 spiro atoms. The summed E-state index contributed by atoms with van der Waals surface area (Å²) in [7, 11) is 0. The van der Waals surface area contributed by atoms with Gasteiger partial charge in [0.2, 0.25) is 0 Å². The highest BCUT2D eigenvalue weighted by Gasteiger charge is 2.33. The van der Waals surface area contributed by atoms with Crippen LogP contribution in [0.5, 0.6) is 0 Å². The van der Waals surface area contributed by atoms with Gasteiger partial charge < -0.3 is 0 Å². The molecule has 1 aromatic heterocycles. The number of thiophene rings is 1. The molecule has 2 rings (SSSR count). The molecule has 2 aromatic rings. The van der Waals surface area contributed by atoms with Gasteiger partial charge in [0.1, 0.15) is 4.34 Å². The van der Waals surface area contributed by atoms with Gasteiger partial charge in [-0.2, -0.15) is 13.2 Å². The van der Waals surface area contributed by atoms with Crippen LogP contribution in [-0.4, -0.2) is 5.78 Å². The van der Waals surface area contributed by atoms with Gasteiger partial charge in [-0.25, -0.2) is 0 Å². The second-order valence-electron chi connectivity index (χ2n) is 3.76. The smallest absolute Gasteiger partial charge is 0.289 e. The van der Waals surface area contributed by atoms with Gasteiger partial charge in [0.05, 0.1) is 15.5 Å². The van der Waals surface area contributed by atoms with Crippen LogP contribution >= 0.6 is 50.5 Å². The highest BCUT2D eigenvalue weighted by atomic mass is 79.9. The molecule has 0 unspecified atom stereocenters. The molecule has 1 aromatic carbocycles. The van der Waals surface area contributed by atoms with Crippen LogP contribution in [0, 0.1) is 0 Å². The van der Waals surface area contributed by atoms with Crippen molar-refractivity contribution in [2.75, 3.05) is 0 Å². The van der Waals surface area contributed by atoms with Crippen molar-refractivity contribution in [2.24, 2.45) is 0 Å². The van der Waals surface area contributed by atoms with Gasteiger partial charge in [0, 0.05) is 10.0 Å². The molecule has 1 heterocycles. The van der Waals surface area contributed by atoms with Crippen LogP contribution in [-0.2, 0) is 6.18 Å². The van der Waals surface area contributed by atoms with Gasteiger partial charge in [-0.3, -0.25) is 4.79 Å². The SMILES string of the molecule is O=C(c1ccc(Br)c(C(F)(F)F)c1)c1cc(Cl)sc1Cl. The third-order valence-electron chi connectivity index (χ3n) is 2.44. The summed E-state index contributed by atoms with van der Waals surface area (Å²) in [6, 6.07) is 4.60. The number of halogens is 6. The van der Waals surface area contributed by atoms with E-state index in [0.717, 1.165) is 17.4 Å². The van der Waals surface area contributed by atoms with Crippen LogP contribution in [0.25, 0.3) is 0 Å². The van der Waals surface area contributed by atoms with E-state index in [2.05, 4.69) is 15.9 Å². The van der Waals surface area contributed by atoms with Crippen molar-refractivity contribution in [3.8, 4) is 0 Å². The van der Waals surface area contributed by atoms with Gasteiger partial charge in [-0.1, -0.05) is 39.1 Å². The fourth-order valence-electron chi connectivity index (χ4n) is 1.53. The minimum absolute atomic E-state index is 0.0945. The van der Waals surface area contributed by atoms with Crippen LogP contribution in [0.4, 0.5) is 13.2 Å². The van der Waals surface area contributed by atoms with Gasteiger partial charge in [0.25, 0.3) is 0 Å². The molecule has 20 heavy (non-hydrogen) atoms. The maximum atomic E-state index is 12.8. The minimum atomic E-state index is -4.55. The van der Waals surface area contributed by atoms with Crippen LogP contribution in [0.1, 0.15) is 21.5 Å². The number of benzene rings is 1. The lowest BCUT2D eigenvalue weighted by Crippen LogP contribution is -2.09. The molecular formula is C12H4BrCl2F3OS. The summed E-state index contributed by atoms with van der Waals surface area (Å²) in [5.41, 5.74) is -0.921. The number of hydrogen-bond donors (Lipinski definition) is 0. The largest absolute Gasteiger partial charge is 0.417 e. The molecule has 0 saturated heterocycles. The molecule has 0 bridgehead atoms. The lowest BCUT2D eigenvalue weighted by atomic mass is 10.0. The van der Waals surface area contributed by atoms with Gasteiger partial charge in [-0.05, 0) is 24.3 Å². The second-order valence-corrected chi connectivity index (χ2v) is 6.90. The van der Waals surface area contributed by atoms with E-state index in [9.17, 15) is 18.0 Å². The predicted octanol–water partition coefficient (Wildman–Crippen LogP) is 6.07. The first-order valence-corrected chi connectivity index (χ1v) is 7.43. The number of hydrogen-bond acceptors (Lipinski definition) is 2. The Hall–Kier alpha value is -0.560. The average Bonchev–Trinajstić information content (AvgIpc) is 2.66. The van der Waals surface area contributed by atoms with Gasteiger partial charge in [-0.15, -0.1) is 11.3 Å². The lowest BCUT2D eigenvalue weighted by molar-refractivity contribution is -0.138. The number of carbonyl (C=O) groups excluding carboxylic acids is 1. The molecule has 106 valence electrons. The first kappa shape index (κ1) is 15.8. The summed E-state index contributed by atoms with van der Waals surface area (Å²) >= 11 is 15.4. The Balaban J connectivity index is 2.49. The fourth-order valence-corrected chi connectivity index (χ4v) is 3.46. The van der Waals surface area contributed by atoms with Crippen LogP contribution in [0.15, 0.2) is 28.7 Å². The second kappa shape index (κ2) is 5.67. The molecule has 0 aliphatic carbocycles. The van der Waals surface area contributed by atoms with Crippen molar-refractivity contribution >= 4 is 56.3 Å². The van der Waals surface area contributed by atoms with Crippen molar-refractivity contribution in [1.82, 2.24) is 0 Å². The third kappa shape index (κ3) is 3.19. The highest BCUT2D eigenvalue weighted by Crippen LogP contribution is 2.37. The first-order valence-electron chi connectivity index (χ1n) is 5.06. The monoisotopic (exact) mass is 402 g/mol. The Bertz CT molecular complexity index is 682. The number of carbonyl (C=O) groups is 1. The van der Waals surface area contributed by atoms with E-state index in [4.69, 9.17) is 23.2 Å². The van der Waals surface area contributed by atoms with Crippen molar-refractivity contribution in [3.63, 3.8) is 0 Å². The van der Waals surface area contributed by atoms with Gasteiger partial charge >= 0.3 is 6.18 Å². The van der Waals surface area contributed by atoms with Crippen molar-refractivity contribution in [1.29, 1.82) is 0 Å². The summed E-state index contributed by atoms with van der Waals surface area (Å²) in [6.07, 6.45) is -4.55. The van der Waals surface area contributed by atoms with Crippen LogP contribution in [0.3, 0.4) is 0 Å². The maximum absolute atomic E-state index is 12.8. The standard InChI is InChI=1S/C12H4BrCl2F3OS/c13-8-2-1-5(3-7(8)12(16,17)18)10(19)6-4-9(14)20-11(6)15/h1-4H.